The van der Waals surface area contributed by atoms with Gasteiger partial charge in [-0.1, -0.05) is 18.2 Å². The second-order valence-corrected chi connectivity index (χ2v) is 2.82. The van der Waals surface area contributed by atoms with Crippen LogP contribution in [0.5, 0.6) is 5.75 Å². The summed E-state index contributed by atoms with van der Waals surface area (Å²) in [5.74, 6) is 0.770. The lowest BCUT2D eigenvalue weighted by molar-refractivity contribution is 0.314. The Balaban J connectivity index is 2.36. The Kier molecular flexibility index (Phi) is 3.89. The molecule has 0 aliphatic heterocycles. The number of allylic oxidation sites excluding steroid dienone is 1. The van der Waals surface area contributed by atoms with Crippen LogP contribution in [0, 0.1) is 0 Å². The number of nitrogens with two attached hydrogens (primary N) is 1. The van der Waals surface area contributed by atoms with Gasteiger partial charge in [-0.2, -0.15) is 0 Å². The molecule has 2 heteroatoms. The van der Waals surface area contributed by atoms with E-state index >= 15 is 0 Å². The highest BCUT2D eigenvalue weighted by Gasteiger charge is 1.96. The molecule has 1 rings (SSSR count). The van der Waals surface area contributed by atoms with Crippen LogP contribution in [0.25, 0.3) is 0 Å². The first kappa shape index (κ1) is 9.65. The summed E-state index contributed by atoms with van der Waals surface area (Å²) in [6, 6.07) is 7.53. The number of unbranched alkanes of at least 4 members (excludes halogenated alkanes) is 1. The molecule has 0 saturated carbocycles. The number of nitrogen functional groups attached to an aromatic ring is 1. The first-order valence-electron chi connectivity index (χ1n) is 4.43. The summed E-state index contributed by atoms with van der Waals surface area (Å²) in [4.78, 5) is 0. The number of hydrogen-bond acceptors (Lipinski definition) is 2. The molecule has 0 aromatic heterocycles. The van der Waals surface area contributed by atoms with E-state index in [0.29, 0.717) is 12.3 Å². The Bertz CT molecular complexity index is 271. The molecule has 0 aliphatic carbocycles. The second-order valence-electron chi connectivity index (χ2n) is 2.82. The summed E-state index contributed by atoms with van der Waals surface area (Å²) in [5.41, 5.74) is 6.39. The number of hydrogen-bond donors (Lipinski definition) is 1. The fourth-order valence-corrected chi connectivity index (χ4v) is 1.02. The SMILES string of the molecule is C=CCCCOc1ccccc1N. The van der Waals surface area contributed by atoms with Crippen molar-refractivity contribution in [1.82, 2.24) is 0 Å². The molecule has 0 heterocycles. The van der Waals surface area contributed by atoms with E-state index in [0.717, 1.165) is 18.6 Å². The van der Waals surface area contributed by atoms with Crippen LogP contribution in [0.4, 0.5) is 5.69 Å². The van der Waals surface area contributed by atoms with Crippen molar-refractivity contribution < 1.29 is 4.74 Å². The lowest BCUT2D eigenvalue weighted by Gasteiger charge is -2.06. The van der Waals surface area contributed by atoms with Crippen molar-refractivity contribution in [2.24, 2.45) is 0 Å². The van der Waals surface area contributed by atoms with Gasteiger partial charge in [-0.05, 0) is 25.0 Å². The van der Waals surface area contributed by atoms with E-state index in [2.05, 4.69) is 6.58 Å². The lowest BCUT2D eigenvalue weighted by atomic mass is 10.3. The van der Waals surface area contributed by atoms with Crippen LogP contribution in [0.3, 0.4) is 0 Å². The summed E-state index contributed by atoms with van der Waals surface area (Å²) in [7, 11) is 0. The number of ether oxygens (including phenoxy) is 1. The van der Waals surface area contributed by atoms with Gasteiger partial charge in [0.1, 0.15) is 5.75 Å². The van der Waals surface area contributed by atoms with Crippen molar-refractivity contribution in [2.75, 3.05) is 12.3 Å². The average Bonchev–Trinajstić information content (AvgIpc) is 2.15. The largest absolute Gasteiger partial charge is 0.491 e. The zero-order valence-corrected chi connectivity index (χ0v) is 7.70. The van der Waals surface area contributed by atoms with E-state index in [1.54, 1.807) is 0 Å². The molecule has 0 radical (unpaired) electrons. The summed E-state index contributed by atoms with van der Waals surface area (Å²) >= 11 is 0. The van der Waals surface area contributed by atoms with Gasteiger partial charge in [-0.3, -0.25) is 0 Å². The van der Waals surface area contributed by atoms with Crippen molar-refractivity contribution in [3.8, 4) is 5.75 Å². The van der Waals surface area contributed by atoms with Gasteiger partial charge in [0.25, 0.3) is 0 Å². The molecule has 0 spiro atoms. The molecule has 0 atom stereocenters. The molecule has 0 fully saturated rings. The van der Waals surface area contributed by atoms with Crippen LogP contribution < -0.4 is 10.5 Å². The molecule has 0 unspecified atom stereocenters. The molecule has 0 saturated heterocycles. The summed E-state index contributed by atoms with van der Waals surface area (Å²) in [6.07, 6.45) is 3.85. The molecule has 2 N–H and O–H groups in total. The van der Waals surface area contributed by atoms with E-state index in [9.17, 15) is 0 Å². The van der Waals surface area contributed by atoms with Crippen molar-refractivity contribution in [3.05, 3.63) is 36.9 Å². The van der Waals surface area contributed by atoms with Crippen LogP contribution in [-0.2, 0) is 0 Å². The minimum absolute atomic E-state index is 0.695. The van der Waals surface area contributed by atoms with Crippen LogP contribution in [-0.4, -0.2) is 6.61 Å². The minimum atomic E-state index is 0.695. The van der Waals surface area contributed by atoms with Crippen molar-refractivity contribution in [1.29, 1.82) is 0 Å². The van der Waals surface area contributed by atoms with Gasteiger partial charge in [0.2, 0.25) is 0 Å². The van der Waals surface area contributed by atoms with Crippen LogP contribution >= 0.6 is 0 Å². The minimum Gasteiger partial charge on any atom is -0.491 e. The first-order chi connectivity index (χ1) is 6.34. The topological polar surface area (TPSA) is 35.2 Å². The van der Waals surface area contributed by atoms with Gasteiger partial charge >= 0.3 is 0 Å². The van der Waals surface area contributed by atoms with Gasteiger partial charge in [0.15, 0.2) is 0 Å². The third-order valence-corrected chi connectivity index (χ3v) is 1.73. The monoisotopic (exact) mass is 177 g/mol. The Hall–Kier alpha value is -1.44. The van der Waals surface area contributed by atoms with Crippen molar-refractivity contribution in [2.45, 2.75) is 12.8 Å². The first-order valence-corrected chi connectivity index (χ1v) is 4.43. The predicted octanol–water partition coefficient (Wildman–Crippen LogP) is 2.61. The van der Waals surface area contributed by atoms with Crippen LogP contribution in [0.2, 0.25) is 0 Å². The van der Waals surface area contributed by atoms with E-state index in [-0.39, 0.29) is 0 Å². The second kappa shape index (κ2) is 5.25. The zero-order valence-electron chi connectivity index (χ0n) is 7.70. The van der Waals surface area contributed by atoms with Gasteiger partial charge in [-0.15, -0.1) is 6.58 Å². The van der Waals surface area contributed by atoms with Crippen molar-refractivity contribution in [3.63, 3.8) is 0 Å². The average molecular weight is 177 g/mol. The van der Waals surface area contributed by atoms with Crippen LogP contribution in [0.15, 0.2) is 36.9 Å². The maximum atomic E-state index is 5.69. The maximum absolute atomic E-state index is 5.69. The van der Waals surface area contributed by atoms with Gasteiger partial charge in [-0.25, -0.2) is 0 Å². The smallest absolute Gasteiger partial charge is 0.142 e. The molecule has 0 aliphatic rings. The van der Waals surface area contributed by atoms with E-state index in [4.69, 9.17) is 10.5 Å². The summed E-state index contributed by atoms with van der Waals surface area (Å²) < 4.78 is 5.47. The summed E-state index contributed by atoms with van der Waals surface area (Å²) in [6.45, 7) is 4.34. The molecule has 0 bridgehead atoms. The Morgan fingerprint density at radius 1 is 1.38 bits per heavy atom. The highest BCUT2D eigenvalue weighted by molar-refractivity contribution is 5.51. The molecule has 1 aromatic rings. The molecular formula is C11H15NO. The van der Waals surface area contributed by atoms with Crippen molar-refractivity contribution >= 4 is 5.69 Å². The summed E-state index contributed by atoms with van der Waals surface area (Å²) in [5, 5.41) is 0. The predicted molar refractivity (Wildman–Crippen MR) is 55.8 cm³/mol. The quantitative estimate of drug-likeness (QED) is 0.426. The molecule has 0 amide bonds. The fourth-order valence-electron chi connectivity index (χ4n) is 1.02. The van der Waals surface area contributed by atoms with Gasteiger partial charge in [0.05, 0.1) is 12.3 Å². The standard InChI is InChI=1S/C11H15NO/c1-2-3-6-9-13-11-8-5-4-7-10(11)12/h2,4-5,7-8H,1,3,6,9,12H2. The Labute approximate surface area is 79.0 Å². The Morgan fingerprint density at radius 2 is 2.15 bits per heavy atom. The van der Waals surface area contributed by atoms with Gasteiger partial charge in [0, 0.05) is 0 Å². The van der Waals surface area contributed by atoms with Crippen LogP contribution in [0.1, 0.15) is 12.8 Å². The highest BCUT2D eigenvalue weighted by atomic mass is 16.5. The van der Waals surface area contributed by atoms with E-state index in [1.165, 1.54) is 0 Å². The third kappa shape index (κ3) is 3.20. The number of para-hydroxylation sites is 2. The molecule has 1 aromatic carbocycles. The molecule has 2 nitrogen and oxygen atoms in total. The van der Waals surface area contributed by atoms with E-state index in [1.807, 2.05) is 30.3 Å². The molecule has 70 valence electrons. The maximum Gasteiger partial charge on any atom is 0.142 e. The number of anilines is 1. The Morgan fingerprint density at radius 3 is 2.85 bits per heavy atom. The van der Waals surface area contributed by atoms with E-state index < -0.39 is 0 Å². The fraction of sp³-hybridized carbons (Fsp3) is 0.273. The molecule has 13 heavy (non-hydrogen) atoms. The normalized spacial score (nSPS) is 9.54. The zero-order chi connectivity index (χ0) is 9.52. The highest BCUT2D eigenvalue weighted by Crippen LogP contribution is 2.19. The number of benzene rings is 1. The van der Waals surface area contributed by atoms with Gasteiger partial charge < -0.3 is 10.5 Å². The lowest BCUT2D eigenvalue weighted by Crippen LogP contribution is -1.99. The third-order valence-electron chi connectivity index (χ3n) is 1.73. The molecular weight excluding hydrogens is 162 g/mol. The number of rotatable bonds is 5.